The van der Waals surface area contributed by atoms with E-state index in [1.54, 1.807) is 6.07 Å². The SMILES string of the molecule is Cc1[c]c(-c2ccc(C(F)(F)F)c(-c3ccc(C#N)c(-c4ccc(C(F)(F)F)c(-c5ccc(Cl)cc5F)c4F)c3F)c2Cl)c(C2=CC(OC(F)(F)F)(C(F)(F)F)C=CC2(F)F)c(Cl)c1-c1ccc(C#N)c(-c2ccccc2)c1Cl. The number of allylic oxidation sites excluding steroid dienone is 2. The number of hydrogen-bond acceptors (Lipinski definition) is 3. The third kappa shape index (κ3) is 10.5. The molecular formula is C55H22Cl4F17N2O. The normalized spacial score (nSPS) is 15.7. The molecule has 0 bridgehead atoms. The Bertz CT molecular complexity index is 3810. The van der Waals surface area contributed by atoms with Gasteiger partial charge in [0.05, 0.1) is 49.5 Å². The minimum absolute atomic E-state index is 0.0213. The first-order valence-corrected chi connectivity index (χ1v) is 23.4. The summed E-state index contributed by atoms with van der Waals surface area (Å²) in [5, 5.41) is 16.9. The van der Waals surface area contributed by atoms with Gasteiger partial charge in [-0.3, -0.25) is 4.74 Å². The maximum absolute atomic E-state index is 17.5. The van der Waals surface area contributed by atoms with Crippen LogP contribution in [0.15, 0.2) is 115 Å². The van der Waals surface area contributed by atoms with Crippen LogP contribution < -0.4 is 0 Å². The topological polar surface area (TPSA) is 56.8 Å². The van der Waals surface area contributed by atoms with Crippen molar-refractivity contribution in [2.24, 2.45) is 0 Å². The lowest BCUT2D eigenvalue weighted by atomic mass is 9.80. The fraction of sp³-hybridized carbons (Fsp3) is 0.127. The highest BCUT2D eigenvalue weighted by Crippen LogP contribution is 2.57. The Morgan fingerprint density at radius 2 is 1.04 bits per heavy atom. The van der Waals surface area contributed by atoms with Crippen LogP contribution in [0.5, 0.6) is 0 Å². The van der Waals surface area contributed by atoms with E-state index in [-0.39, 0.29) is 56.1 Å². The highest BCUT2D eigenvalue weighted by molar-refractivity contribution is 6.40. The van der Waals surface area contributed by atoms with Gasteiger partial charge in [0.2, 0.25) is 5.60 Å². The molecule has 8 rings (SSSR count). The Labute approximate surface area is 454 Å². The van der Waals surface area contributed by atoms with E-state index in [1.807, 2.05) is 6.07 Å². The standard InChI is InChI=1S/C55H22Cl4F17N2O/c1-24-19-34(43(37-21-50(54(71,72)73,79-55(74,75)76)17-18-51(37,63)64)47(59)39(24)31-10-7-26(22-77)40(46(31)58)25-5-3-2-4-6-25)29-13-15-35(52(65,66)67)42(45(29)57)33-11-8-27(23-78)41(48(33)61)32-14-16-36(53(68,69)70)44(49(32)62)30-12-9-28(56)20-38(30)60/h2-18,20-21H,1H3. The molecule has 3 nitrogen and oxygen atoms in total. The van der Waals surface area contributed by atoms with Crippen LogP contribution in [0, 0.1) is 53.1 Å². The number of halogens is 21. The summed E-state index contributed by atoms with van der Waals surface area (Å²) in [6.07, 6.45) is -25.5. The second-order valence-electron chi connectivity index (χ2n) is 17.1. The molecule has 0 heterocycles. The number of nitrogens with zero attached hydrogens (tertiary/aromatic N) is 2. The molecule has 0 fully saturated rings. The van der Waals surface area contributed by atoms with Crippen molar-refractivity contribution in [3.05, 3.63) is 192 Å². The van der Waals surface area contributed by atoms with Crippen molar-refractivity contribution in [3.8, 4) is 78.9 Å². The molecule has 0 aromatic heterocycles. The molecule has 0 saturated carbocycles. The van der Waals surface area contributed by atoms with Crippen LogP contribution in [0.3, 0.4) is 0 Å². The van der Waals surface area contributed by atoms with Gasteiger partial charge in [-0.05, 0) is 84.8 Å². The van der Waals surface area contributed by atoms with Crippen LogP contribution >= 0.6 is 46.4 Å². The summed E-state index contributed by atoms with van der Waals surface area (Å²) in [5.74, 6) is -10.5. The van der Waals surface area contributed by atoms with Gasteiger partial charge in [-0.15, -0.1) is 13.2 Å². The quantitative estimate of drug-likeness (QED) is 0.113. The zero-order chi connectivity index (χ0) is 58.3. The predicted molar refractivity (Wildman–Crippen MR) is 260 cm³/mol. The van der Waals surface area contributed by atoms with Crippen LogP contribution in [0.1, 0.15) is 33.4 Å². The summed E-state index contributed by atoms with van der Waals surface area (Å²) in [5.41, 5.74) is -24.2. The summed E-state index contributed by atoms with van der Waals surface area (Å²) in [6, 6.07) is 19.8. The van der Waals surface area contributed by atoms with Crippen molar-refractivity contribution >= 4 is 52.0 Å². The smallest absolute Gasteiger partial charge is 0.267 e. The average molecular weight is 1190 g/mol. The highest BCUT2D eigenvalue weighted by Gasteiger charge is 2.62. The summed E-state index contributed by atoms with van der Waals surface area (Å²) >= 11 is 26.5. The van der Waals surface area contributed by atoms with Gasteiger partial charge in [0.15, 0.2) is 0 Å². The molecule has 0 aliphatic heterocycles. The Balaban J connectivity index is 1.49. The van der Waals surface area contributed by atoms with E-state index < -0.39 is 160 Å². The molecule has 1 aliphatic carbocycles. The maximum Gasteiger partial charge on any atom is 0.523 e. The number of nitriles is 2. The lowest BCUT2D eigenvalue weighted by molar-refractivity contribution is -0.391. The van der Waals surface area contributed by atoms with E-state index >= 15 is 35.1 Å². The van der Waals surface area contributed by atoms with Crippen molar-refractivity contribution in [2.75, 3.05) is 0 Å². The molecule has 24 heteroatoms. The monoisotopic (exact) mass is 1190 g/mol. The first kappa shape index (κ1) is 58.1. The number of aryl methyl sites for hydroxylation is 1. The first-order chi connectivity index (χ1) is 36.7. The number of hydrogen-bond donors (Lipinski definition) is 0. The lowest BCUT2D eigenvalue weighted by Gasteiger charge is -2.36. The van der Waals surface area contributed by atoms with Gasteiger partial charge in [-0.25, -0.2) is 13.2 Å². The van der Waals surface area contributed by atoms with Gasteiger partial charge in [0.25, 0.3) is 5.92 Å². The molecule has 0 N–H and O–H groups in total. The van der Waals surface area contributed by atoms with Crippen molar-refractivity contribution in [3.63, 3.8) is 0 Å². The molecular weight excluding hydrogens is 1170 g/mol. The molecule has 0 saturated heterocycles. The minimum atomic E-state index is -6.23. The molecule has 0 amide bonds. The van der Waals surface area contributed by atoms with E-state index in [9.17, 15) is 50.0 Å². The molecule has 1 radical (unpaired) electrons. The Kier molecular flexibility index (Phi) is 15.1. The van der Waals surface area contributed by atoms with Crippen molar-refractivity contribution in [1.82, 2.24) is 0 Å². The second kappa shape index (κ2) is 20.5. The van der Waals surface area contributed by atoms with Gasteiger partial charge >= 0.3 is 24.9 Å². The van der Waals surface area contributed by atoms with Crippen LogP contribution in [0.25, 0.3) is 72.3 Å². The predicted octanol–water partition coefficient (Wildman–Crippen LogP) is 20.0. The fourth-order valence-electron chi connectivity index (χ4n) is 9.00. The number of benzene rings is 7. The van der Waals surface area contributed by atoms with Gasteiger partial charge in [-0.2, -0.15) is 58.8 Å². The molecule has 79 heavy (non-hydrogen) atoms. The van der Waals surface area contributed by atoms with E-state index in [1.165, 1.54) is 36.4 Å². The van der Waals surface area contributed by atoms with Crippen molar-refractivity contribution < 1.29 is 79.4 Å². The van der Waals surface area contributed by atoms with E-state index in [0.29, 0.717) is 30.3 Å². The molecule has 7 aromatic carbocycles. The highest BCUT2D eigenvalue weighted by atomic mass is 35.5. The summed E-state index contributed by atoms with van der Waals surface area (Å²) in [6.45, 7) is 1.12. The maximum atomic E-state index is 17.5. The molecule has 1 unspecified atom stereocenters. The summed E-state index contributed by atoms with van der Waals surface area (Å²) < 4.78 is 262. The largest absolute Gasteiger partial charge is 0.523 e. The van der Waals surface area contributed by atoms with Gasteiger partial charge in [-0.1, -0.05) is 101 Å². The van der Waals surface area contributed by atoms with Crippen LogP contribution in [-0.2, 0) is 17.1 Å². The second-order valence-corrected chi connectivity index (χ2v) is 18.7. The lowest BCUT2D eigenvalue weighted by Crippen LogP contribution is -2.50. The molecule has 7 aromatic rings. The average Bonchev–Trinajstić information content (AvgIpc) is 3.52. The third-order valence-corrected chi connectivity index (χ3v) is 13.8. The minimum Gasteiger partial charge on any atom is -0.267 e. The zero-order valence-corrected chi connectivity index (χ0v) is 41.7. The third-order valence-electron chi connectivity index (χ3n) is 12.4. The van der Waals surface area contributed by atoms with Gasteiger partial charge < -0.3 is 0 Å². The van der Waals surface area contributed by atoms with Gasteiger partial charge in [0.1, 0.15) is 17.5 Å². The zero-order valence-electron chi connectivity index (χ0n) is 38.7. The summed E-state index contributed by atoms with van der Waals surface area (Å²) in [4.78, 5) is 0. The van der Waals surface area contributed by atoms with Crippen molar-refractivity contribution in [1.29, 1.82) is 10.5 Å². The molecule has 1 aliphatic rings. The number of ether oxygens (including phenoxy) is 1. The van der Waals surface area contributed by atoms with E-state index in [2.05, 4.69) is 10.8 Å². The van der Waals surface area contributed by atoms with Crippen LogP contribution in [0.2, 0.25) is 20.1 Å². The first-order valence-electron chi connectivity index (χ1n) is 21.9. The molecule has 0 spiro atoms. The van der Waals surface area contributed by atoms with E-state index in [4.69, 9.17) is 46.4 Å². The fourth-order valence-corrected chi connectivity index (χ4v) is 10.3. The molecule has 405 valence electrons. The van der Waals surface area contributed by atoms with E-state index in [0.717, 1.165) is 19.1 Å². The number of alkyl halides is 14. The van der Waals surface area contributed by atoms with Gasteiger partial charge in [0, 0.05) is 77.4 Å². The summed E-state index contributed by atoms with van der Waals surface area (Å²) in [7, 11) is 0. The van der Waals surface area contributed by atoms with Crippen molar-refractivity contribution in [2.45, 2.75) is 43.3 Å². The van der Waals surface area contributed by atoms with Crippen LogP contribution in [-0.4, -0.2) is 24.1 Å². The molecule has 1 atom stereocenters. The Hall–Kier alpha value is -7.07. The number of rotatable bonds is 8. The van der Waals surface area contributed by atoms with Crippen LogP contribution in [0.4, 0.5) is 74.6 Å². The Morgan fingerprint density at radius 1 is 0.532 bits per heavy atom. The Morgan fingerprint density at radius 3 is 1.59 bits per heavy atom.